The molecule has 1 fully saturated rings. The molecular weight excluding hydrogens is 244 g/mol. The third-order valence-corrected chi connectivity index (χ3v) is 3.01. The van der Waals surface area contributed by atoms with Crippen LogP contribution >= 0.6 is 11.6 Å². The molecule has 1 amide bonds. The largest absolute Gasteiger partial charge is 0.465 e. The molecule has 2 rings (SSSR count). The van der Waals surface area contributed by atoms with E-state index in [1.54, 1.807) is 6.20 Å². The molecule has 1 aromatic heterocycles. The van der Waals surface area contributed by atoms with Gasteiger partial charge in [-0.2, -0.15) is 0 Å². The number of nitrogen functional groups attached to an aromatic ring is 1. The van der Waals surface area contributed by atoms with E-state index in [0.29, 0.717) is 17.3 Å². The zero-order chi connectivity index (χ0) is 12.4. The molecule has 6 nitrogen and oxygen atoms in total. The fraction of sp³-hybridized carbons (Fsp3) is 0.400. The summed E-state index contributed by atoms with van der Waals surface area (Å²) < 4.78 is 0. The van der Waals surface area contributed by atoms with Gasteiger partial charge < -0.3 is 21.1 Å². The van der Waals surface area contributed by atoms with E-state index in [2.05, 4.69) is 10.3 Å². The molecule has 1 unspecified atom stereocenters. The van der Waals surface area contributed by atoms with Crippen molar-refractivity contribution in [2.24, 2.45) is 0 Å². The van der Waals surface area contributed by atoms with Gasteiger partial charge in [-0.15, -0.1) is 0 Å². The molecule has 0 radical (unpaired) electrons. The highest BCUT2D eigenvalue weighted by molar-refractivity contribution is 6.33. The van der Waals surface area contributed by atoms with Crippen molar-refractivity contribution in [3.05, 3.63) is 17.4 Å². The van der Waals surface area contributed by atoms with Gasteiger partial charge in [0.05, 0.1) is 28.6 Å². The zero-order valence-corrected chi connectivity index (χ0v) is 9.81. The Kier molecular flexibility index (Phi) is 3.23. The third kappa shape index (κ3) is 2.52. The second-order valence-electron chi connectivity index (χ2n) is 3.94. The van der Waals surface area contributed by atoms with Crippen LogP contribution in [0.15, 0.2) is 12.4 Å². The maximum absolute atomic E-state index is 10.5. The van der Waals surface area contributed by atoms with E-state index in [1.165, 1.54) is 6.20 Å². The fourth-order valence-electron chi connectivity index (χ4n) is 2.03. The topological polar surface area (TPSA) is 91.5 Å². The van der Waals surface area contributed by atoms with Crippen LogP contribution in [0.4, 0.5) is 16.2 Å². The number of hydrogen-bond donors (Lipinski definition) is 3. The summed E-state index contributed by atoms with van der Waals surface area (Å²) in [5, 5.41) is 11.6. The van der Waals surface area contributed by atoms with Crippen molar-refractivity contribution in [2.75, 3.05) is 23.7 Å². The van der Waals surface area contributed by atoms with E-state index in [9.17, 15) is 4.79 Å². The van der Waals surface area contributed by atoms with Crippen LogP contribution < -0.4 is 16.0 Å². The van der Waals surface area contributed by atoms with Crippen molar-refractivity contribution in [1.82, 2.24) is 10.3 Å². The summed E-state index contributed by atoms with van der Waals surface area (Å²) in [4.78, 5) is 16.4. The van der Waals surface area contributed by atoms with Gasteiger partial charge in [0, 0.05) is 19.3 Å². The van der Waals surface area contributed by atoms with Crippen molar-refractivity contribution < 1.29 is 9.90 Å². The molecule has 1 aliphatic rings. The van der Waals surface area contributed by atoms with Gasteiger partial charge in [-0.1, -0.05) is 11.6 Å². The minimum absolute atomic E-state index is 0.0869. The highest BCUT2D eigenvalue weighted by atomic mass is 35.5. The Morgan fingerprint density at radius 3 is 3.06 bits per heavy atom. The number of carboxylic acid groups (broad SMARTS) is 1. The summed E-state index contributed by atoms with van der Waals surface area (Å²) in [5.41, 5.74) is 7.06. The summed E-state index contributed by atoms with van der Waals surface area (Å²) in [7, 11) is 0. The molecule has 0 aromatic carbocycles. The number of pyridine rings is 1. The number of halogens is 1. The van der Waals surface area contributed by atoms with Crippen LogP contribution in [-0.4, -0.2) is 35.3 Å². The first kappa shape index (κ1) is 11.8. The summed E-state index contributed by atoms with van der Waals surface area (Å²) >= 11 is 6.04. The molecule has 1 aliphatic heterocycles. The average Bonchev–Trinajstić information content (AvgIpc) is 2.65. The highest BCUT2D eigenvalue weighted by Crippen LogP contribution is 2.33. The van der Waals surface area contributed by atoms with Crippen LogP contribution in [0, 0.1) is 0 Å². The van der Waals surface area contributed by atoms with Crippen LogP contribution in [0.2, 0.25) is 5.02 Å². The molecule has 0 aliphatic carbocycles. The number of nitrogens with zero attached hydrogens (tertiary/aromatic N) is 2. The van der Waals surface area contributed by atoms with Crippen molar-refractivity contribution >= 4 is 29.1 Å². The van der Waals surface area contributed by atoms with Crippen LogP contribution in [-0.2, 0) is 0 Å². The van der Waals surface area contributed by atoms with Crippen LogP contribution in [0.25, 0.3) is 0 Å². The van der Waals surface area contributed by atoms with Gasteiger partial charge in [-0.05, 0) is 6.42 Å². The van der Waals surface area contributed by atoms with Crippen molar-refractivity contribution in [3.63, 3.8) is 0 Å². The number of nitrogens with two attached hydrogens (primary N) is 1. The molecule has 0 saturated carbocycles. The van der Waals surface area contributed by atoms with Gasteiger partial charge in [0.15, 0.2) is 0 Å². The van der Waals surface area contributed by atoms with Gasteiger partial charge in [0.1, 0.15) is 0 Å². The molecule has 4 N–H and O–H groups in total. The fourth-order valence-corrected chi connectivity index (χ4v) is 2.32. The first-order valence-electron chi connectivity index (χ1n) is 5.21. The Bertz CT molecular complexity index is 420. The van der Waals surface area contributed by atoms with E-state index < -0.39 is 6.09 Å². The van der Waals surface area contributed by atoms with Crippen molar-refractivity contribution in [3.8, 4) is 0 Å². The molecule has 92 valence electrons. The number of rotatable bonds is 2. The number of anilines is 2. The second kappa shape index (κ2) is 4.67. The molecule has 0 spiro atoms. The van der Waals surface area contributed by atoms with Crippen molar-refractivity contribution in [1.29, 1.82) is 0 Å². The van der Waals surface area contributed by atoms with E-state index in [-0.39, 0.29) is 6.04 Å². The first-order chi connectivity index (χ1) is 8.08. The van der Waals surface area contributed by atoms with Gasteiger partial charge in [-0.25, -0.2) is 4.79 Å². The number of amides is 1. The lowest BCUT2D eigenvalue weighted by Gasteiger charge is -2.21. The van der Waals surface area contributed by atoms with E-state index in [0.717, 1.165) is 18.7 Å². The van der Waals surface area contributed by atoms with Crippen LogP contribution in [0.5, 0.6) is 0 Å². The van der Waals surface area contributed by atoms with Gasteiger partial charge >= 0.3 is 6.09 Å². The van der Waals surface area contributed by atoms with Gasteiger partial charge in [0.25, 0.3) is 0 Å². The summed E-state index contributed by atoms with van der Waals surface area (Å²) in [5.74, 6) is 0. The smallest absolute Gasteiger partial charge is 0.404 e. The molecule has 17 heavy (non-hydrogen) atoms. The predicted octanol–water partition coefficient (Wildman–Crippen LogP) is 1.16. The van der Waals surface area contributed by atoms with E-state index in [4.69, 9.17) is 22.4 Å². The first-order valence-corrected chi connectivity index (χ1v) is 5.59. The monoisotopic (exact) mass is 256 g/mol. The molecule has 2 heterocycles. The van der Waals surface area contributed by atoms with Crippen molar-refractivity contribution in [2.45, 2.75) is 12.5 Å². The number of nitrogens with one attached hydrogen (secondary N) is 1. The van der Waals surface area contributed by atoms with E-state index >= 15 is 0 Å². The maximum atomic E-state index is 10.5. The molecule has 0 bridgehead atoms. The number of hydrogen-bond acceptors (Lipinski definition) is 4. The Balaban J connectivity index is 2.12. The lowest BCUT2D eigenvalue weighted by atomic mass is 10.3. The Labute approximate surface area is 103 Å². The summed E-state index contributed by atoms with van der Waals surface area (Å²) in [6.07, 6.45) is 2.81. The third-order valence-electron chi connectivity index (χ3n) is 2.73. The normalized spacial score (nSPS) is 19.4. The van der Waals surface area contributed by atoms with Gasteiger partial charge in [-0.3, -0.25) is 4.98 Å². The van der Waals surface area contributed by atoms with Gasteiger partial charge in [0.2, 0.25) is 0 Å². The molecule has 1 saturated heterocycles. The lowest BCUT2D eigenvalue weighted by Crippen LogP contribution is -2.36. The number of carbonyl (C=O) groups is 1. The minimum Gasteiger partial charge on any atom is -0.465 e. The Morgan fingerprint density at radius 2 is 2.41 bits per heavy atom. The predicted molar refractivity (Wildman–Crippen MR) is 65.4 cm³/mol. The average molecular weight is 257 g/mol. The number of aromatic nitrogens is 1. The minimum atomic E-state index is -1.01. The molecular formula is C10H13ClN4O2. The lowest BCUT2D eigenvalue weighted by molar-refractivity contribution is 0.191. The van der Waals surface area contributed by atoms with Crippen LogP contribution in [0.3, 0.4) is 0 Å². The quantitative estimate of drug-likeness (QED) is 0.739. The SMILES string of the molecule is Nc1cncc(Cl)c1N1CCC(NC(=O)O)C1. The van der Waals surface area contributed by atoms with Crippen LogP contribution in [0.1, 0.15) is 6.42 Å². The Morgan fingerprint density at radius 1 is 1.65 bits per heavy atom. The summed E-state index contributed by atoms with van der Waals surface area (Å²) in [6, 6.07) is -0.0869. The highest BCUT2D eigenvalue weighted by Gasteiger charge is 2.26. The summed E-state index contributed by atoms with van der Waals surface area (Å²) in [6.45, 7) is 1.29. The van der Waals surface area contributed by atoms with E-state index in [1.807, 2.05) is 4.90 Å². The molecule has 7 heteroatoms. The molecule has 1 atom stereocenters. The maximum Gasteiger partial charge on any atom is 0.404 e. The Hall–Kier alpha value is -1.69. The molecule has 1 aromatic rings. The second-order valence-corrected chi connectivity index (χ2v) is 4.35. The zero-order valence-electron chi connectivity index (χ0n) is 9.06. The standard InChI is InChI=1S/C10H13ClN4O2/c11-7-3-13-4-8(12)9(7)15-2-1-6(5-15)14-10(16)17/h3-4,6,14H,1-2,5,12H2,(H,16,17).